The van der Waals surface area contributed by atoms with Crippen molar-refractivity contribution in [3.8, 4) is 5.75 Å². The standard InChI is InChI=1S/C20H26Cl2NO11P/c1-31-19(27)23(15(18(25)26)7-11-35(2,29)30)20(28)34-10-9-33-17(24)4-3-8-32-16-6-5-13(21)12-14(16)22/h5-6,12,15H,3-4,7-11H2,1-2H3,(H,25,26)(H,29,30). The summed E-state index contributed by atoms with van der Waals surface area (Å²) in [6.45, 7) is 0.351. The summed E-state index contributed by atoms with van der Waals surface area (Å²) in [6.07, 6.45) is -3.37. The molecule has 0 fully saturated rings. The molecule has 1 aromatic carbocycles. The Balaban J connectivity index is 2.46. The minimum absolute atomic E-state index is 0.00718. The van der Waals surface area contributed by atoms with E-state index in [1.165, 1.54) is 6.07 Å². The molecule has 0 heterocycles. The van der Waals surface area contributed by atoms with Crippen LogP contribution in [0.5, 0.6) is 5.75 Å². The number of methoxy groups -OCH3 is 1. The van der Waals surface area contributed by atoms with Gasteiger partial charge in [-0.15, -0.1) is 0 Å². The van der Waals surface area contributed by atoms with Crippen molar-refractivity contribution in [3.05, 3.63) is 28.2 Å². The molecule has 0 aliphatic heterocycles. The van der Waals surface area contributed by atoms with E-state index in [-0.39, 0.29) is 24.5 Å². The van der Waals surface area contributed by atoms with E-state index in [4.69, 9.17) is 37.4 Å². The number of ether oxygens (including phenoxy) is 4. The van der Waals surface area contributed by atoms with Crippen LogP contribution in [-0.2, 0) is 28.4 Å². The Kier molecular flexibility index (Phi) is 12.9. The van der Waals surface area contributed by atoms with Crippen molar-refractivity contribution in [2.24, 2.45) is 0 Å². The number of amides is 2. The lowest BCUT2D eigenvalue weighted by molar-refractivity contribution is -0.145. The van der Waals surface area contributed by atoms with Crippen LogP contribution in [-0.4, -0.2) is 84.8 Å². The molecule has 2 unspecified atom stereocenters. The van der Waals surface area contributed by atoms with Gasteiger partial charge in [0.2, 0.25) is 0 Å². The average Bonchev–Trinajstić information content (AvgIpc) is 2.76. The van der Waals surface area contributed by atoms with Crippen LogP contribution in [0.15, 0.2) is 18.2 Å². The summed E-state index contributed by atoms with van der Waals surface area (Å²) >= 11 is 11.8. The average molecular weight is 558 g/mol. The molecule has 0 radical (unpaired) electrons. The van der Waals surface area contributed by atoms with Gasteiger partial charge < -0.3 is 28.9 Å². The molecular formula is C20H26Cl2NO11P. The van der Waals surface area contributed by atoms with Gasteiger partial charge in [0.1, 0.15) is 25.0 Å². The van der Waals surface area contributed by atoms with E-state index in [0.717, 1.165) is 13.8 Å². The van der Waals surface area contributed by atoms with Gasteiger partial charge in [-0.1, -0.05) is 23.2 Å². The molecular weight excluding hydrogens is 532 g/mol. The Bertz CT molecular complexity index is 953. The summed E-state index contributed by atoms with van der Waals surface area (Å²) in [5.74, 6) is -1.80. The number of rotatable bonds is 13. The fourth-order valence-electron chi connectivity index (χ4n) is 2.57. The van der Waals surface area contributed by atoms with Crippen molar-refractivity contribution in [2.45, 2.75) is 25.3 Å². The third-order valence-electron chi connectivity index (χ3n) is 4.23. The van der Waals surface area contributed by atoms with E-state index in [1.807, 2.05) is 0 Å². The van der Waals surface area contributed by atoms with Crippen LogP contribution >= 0.6 is 30.6 Å². The van der Waals surface area contributed by atoms with Gasteiger partial charge in [0.15, 0.2) is 7.37 Å². The maximum atomic E-state index is 12.3. The zero-order chi connectivity index (χ0) is 26.6. The number of nitrogens with zero attached hydrogens (tertiary/aromatic N) is 1. The van der Waals surface area contributed by atoms with Gasteiger partial charge in [0.05, 0.1) is 18.7 Å². The Morgan fingerprint density at radius 2 is 1.74 bits per heavy atom. The second-order valence-corrected chi connectivity index (χ2v) is 10.5. The molecule has 0 saturated carbocycles. The van der Waals surface area contributed by atoms with Crippen molar-refractivity contribution < 1.29 is 52.7 Å². The number of hydrogen-bond donors (Lipinski definition) is 2. The lowest BCUT2D eigenvalue weighted by atomic mass is 10.2. The molecule has 0 spiro atoms. The monoisotopic (exact) mass is 557 g/mol. The van der Waals surface area contributed by atoms with Crippen molar-refractivity contribution in [2.75, 3.05) is 39.8 Å². The third kappa shape index (κ3) is 11.6. The molecule has 12 nitrogen and oxygen atoms in total. The van der Waals surface area contributed by atoms with Gasteiger partial charge in [-0.2, -0.15) is 4.90 Å². The zero-order valence-corrected chi connectivity index (χ0v) is 21.4. The number of halogens is 2. The van der Waals surface area contributed by atoms with Crippen LogP contribution in [0.4, 0.5) is 9.59 Å². The number of hydrogen-bond acceptors (Lipinski definition) is 9. The van der Waals surface area contributed by atoms with Crippen molar-refractivity contribution in [1.82, 2.24) is 4.90 Å². The highest BCUT2D eigenvalue weighted by Gasteiger charge is 2.37. The van der Waals surface area contributed by atoms with E-state index in [9.17, 15) is 33.7 Å². The van der Waals surface area contributed by atoms with E-state index >= 15 is 0 Å². The van der Waals surface area contributed by atoms with Crippen molar-refractivity contribution in [3.63, 3.8) is 0 Å². The highest BCUT2D eigenvalue weighted by atomic mass is 35.5. The van der Waals surface area contributed by atoms with E-state index < -0.39 is 56.7 Å². The molecule has 0 aliphatic carbocycles. The maximum Gasteiger partial charge on any atom is 0.420 e. The zero-order valence-electron chi connectivity index (χ0n) is 19.0. The number of benzene rings is 1. The van der Waals surface area contributed by atoms with Gasteiger partial charge in [0.25, 0.3) is 0 Å². The lowest BCUT2D eigenvalue weighted by Gasteiger charge is -2.25. The predicted octanol–water partition coefficient (Wildman–Crippen LogP) is 3.64. The molecule has 0 bridgehead atoms. The van der Waals surface area contributed by atoms with Crippen LogP contribution in [0.1, 0.15) is 19.3 Å². The molecule has 2 atom stereocenters. The number of carboxylic acid groups (broad SMARTS) is 1. The molecule has 1 rings (SSSR count). The molecule has 2 N–H and O–H groups in total. The maximum absolute atomic E-state index is 12.3. The Labute approximate surface area is 211 Å². The van der Waals surface area contributed by atoms with E-state index in [0.29, 0.717) is 22.2 Å². The van der Waals surface area contributed by atoms with Crippen LogP contribution < -0.4 is 4.74 Å². The molecule has 2 amide bonds. The highest BCUT2D eigenvalue weighted by Crippen LogP contribution is 2.36. The summed E-state index contributed by atoms with van der Waals surface area (Å²) in [7, 11) is -2.69. The van der Waals surface area contributed by atoms with Crippen molar-refractivity contribution in [1.29, 1.82) is 0 Å². The molecule has 35 heavy (non-hydrogen) atoms. The normalized spacial score (nSPS) is 13.2. The van der Waals surface area contributed by atoms with E-state index in [1.54, 1.807) is 12.1 Å². The first kappa shape index (κ1) is 30.5. The summed E-state index contributed by atoms with van der Waals surface area (Å²) in [4.78, 5) is 57.1. The smallest absolute Gasteiger partial charge is 0.420 e. The molecule has 0 aromatic heterocycles. The van der Waals surface area contributed by atoms with Crippen LogP contribution in [0.2, 0.25) is 10.0 Å². The summed E-state index contributed by atoms with van der Waals surface area (Å²) in [6, 6.07) is 2.91. The van der Waals surface area contributed by atoms with Gasteiger partial charge in [-0.25, -0.2) is 14.4 Å². The van der Waals surface area contributed by atoms with Gasteiger partial charge in [0, 0.05) is 24.3 Å². The number of carbonyl (C=O) groups excluding carboxylic acids is 3. The molecule has 196 valence electrons. The Hall–Kier alpha value is -2.53. The second-order valence-electron chi connectivity index (χ2n) is 7.12. The van der Waals surface area contributed by atoms with Gasteiger partial charge in [-0.3, -0.25) is 9.36 Å². The van der Waals surface area contributed by atoms with Crippen LogP contribution in [0.3, 0.4) is 0 Å². The quantitative estimate of drug-likeness (QED) is 0.157. The summed E-state index contributed by atoms with van der Waals surface area (Å²) in [5, 5.41) is 10.1. The fourth-order valence-corrected chi connectivity index (χ4v) is 3.76. The molecule has 0 saturated heterocycles. The first-order valence-electron chi connectivity index (χ1n) is 10.1. The number of carbonyl (C=O) groups is 4. The minimum Gasteiger partial charge on any atom is -0.492 e. The molecule has 1 aromatic rings. The number of esters is 1. The van der Waals surface area contributed by atoms with Crippen molar-refractivity contribution >= 4 is 54.7 Å². The predicted molar refractivity (Wildman–Crippen MR) is 124 cm³/mol. The lowest BCUT2D eigenvalue weighted by Crippen LogP contribution is -2.49. The second kappa shape index (κ2) is 14.8. The van der Waals surface area contributed by atoms with Gasteiger partial charge in [-0.05, 0) is 31.0 Å². The molecule has 0 aliphatic rings. The Morgan fingerprint density at radius 1 is 1.09 bits per heavy atom. The largest absolute Gasteiger partial charge is 0.492 e. The third-order valence-corrected chi connectivity index (χ3v) is 5.85. The number of aliphatic carboxylic acids is 1. The number of carboxylic acids is 1. The first-order chi connectivity index (χ1) is 16.4. The van der Waals surface area contributed by atoms with E-state index in [2.05, 4.69) is 4.74 Å². The number of imide groups is 1. The van der Waals surface area contributed by atoms with Crippen LogP contribution in [0, 0.1) is 0 Å². The SMILES string of the molecule is COC(=O)N(C(=O)OCCOC(=O)CCCOc1ccc(Cl)cc1Cl)C(CCP(C)(=O)O)C(=O)O. The fraction of sp³-hybridized carbons (Fsp3) is 0.500. The highest BCUT2D eigenvalue weighted by molar-refractivity contribution is 7.57. The minimum atomic E-state index is -3.61. The topological polar surface area (TPSA) is 166 Å². The van der Waals surface area contributed by atoms with Gasteiger partial charge >= 0.3 is 24.1 Å². The first-order valence-corrected chi connectivity index (χ1v) is 13.2. The summed E-state index contributed by atoms with van der Waals surface area (Å²) in [5.41, 5.74) is 0. The Morgan fingerprint density at radius 3 is 2.31 bits per heavy atom. The summed E-state index contributed by atoms with van der Waals surface area (Å²) < 4.78 is 31.1. The van der Waals surface area contributed by atoms with Crippen LogP contribution in [0.25, 0.3) is 0 Å². The molecule has 15 heteroatoms.